The molecular formula is C23H23NO5. The summed E-state index contributed by atoms with van der Waals surface area (Å²) in [5.41, 5.74) is 0.424. The molecule has 0 radical (unpaired) electrons. The second-order valence-corrected chi connectivity index (χ2v) is 6.97. The van der Waals surface area contributed by atoms with Gasteiger partial charge in [-0.3, -0.25) is 9.59 Å². The van der Waals surface area contributed by atoms with Crippen molar-refractivity contribution in [2.75, 3.05) is 6.61 Å². The monoisotopic (exact) mass is 393 g/mol. The molecule has 0 fully saturated rings. The lowest BCUT2D eigenvalue weighted by molar-refractivity contribution is -0.145. The second-order valence-electron chi connectivity index (χ2n) is 6.97. The van der Waals surface area contributed by atoms with Crippen LogP contribution in [0, 0.1) is 5.92 Å². The van der Waals surface area contributed by atoms with E-state index >= 15 is 0 Å². The Morgan fingerprint density at radius 3 is 2.07 bits per heavy atom. The van der Waals surface area contributed by atoms with Gasteiger partial charge in [-0.05, 0) is 40.5 Å². The van der Waals surface area contributed by atoms with E-state index in [0.717, 1.165) is 21.5 Å². The van der Waals surface area contributed by atoms with Crippen LogP contribution < -0.4 is 5.32 Å². The Morgan fingerprint density at radius 1 is 1.00 bits per heavy atom. The molecule has 3 rings (SSSR count). The normalized spacial score (nSPS) is 13.0. The molecule has 2 atom stereocenters. The van der Waals surface area contributed by atoms with E-state index < -0.39 is 29.8 Å². The number of carbonyl (C=O) groups is 3. The molecule has 0 bridgehead atoms. The van der Waals surface area contributed by atoms with Crippen LogP contribution in [0.5, 0.6) is 0 Å². The second kappa shape index (κ2) is 8.73. The van der Waals surface area contributed by atoms with Gasteiger partial charge in [0.1, 0.15) is 6.04 Å². The molecule has 0 spiro atoms. The predicted molar refractivity (Wildman–Crippen MR) is 111 cm³/mol. The first-order valence-electron chi connectivity index (χ1n) is 9.52. The highest BCUT2D eigenvalue weighted by Crippen LogP contribution is 2.28. The van der Waals surface area contributed by atoms with Crippen molar-refractivity contribution >= 4 is 39.4 Å². The van der Waals surface area contributed by atoms with Crippen molar-refractivity contribution in [1.82, 2.24) is 5.32 Å². The van der Waals surface area contributed by atoms with Crippen LogP contribution in [0.1, 0.15) is 30.6 Å². The van der Waals surface area contributed by atoms with Crippen LogP contribution in [-0.2, 0) is 14.3 Å². The maximum atomic E-state index is 13.2. The van der Waals surface area contributed by atoms with Crippen LogP contribution in [0.3, 0.4) is 0 Å². The Balaban J connectivity index is 1.99. The molecule has 29 heavy (non-hydrogen) atoms. The summed E-state index contributed by atoms with van der Waals surface area (Å²) < 4.78 is 4.90. The lowest BCUT2D eigenvalue weighted by atomic mass is 9.94. The first kappa shape index (κ1) is 20.3. The molecule has 0 aliphatic rings. The average molecular weight is 393 g/mol. The molecule has 3 aromatic carbocycles. The zero-order chi connectivity index (χ0) is 21.0. The van der Waals surface area contributed by atoms with Crippen LogP contribution in [0.15, 0.2) is 54.6 Å². The minimum Gasteiger partial charge on any atom is -0.480 e. The highest BCUT2D eigenvalue weighted by molar-refractivity contribution is 6.18. The molecule has 0 aliphatic carbocycles. The van der Waals surface area contributed by atoms with Crippen molar-refractivity contribution in [1.29, 1.82) is 0 Å². The van der Waals surface area contributed by atoms with Gasteiger partial charge < -0.3 is 15.2 Å². The standard InChI is InChI=1S/C23H23NO5/c1-3-29-19(25)12-14(2)21(23(27)28)24-22(26)20-17-10-6-4-8-15(17)13-16-9-5-7-11-18(16)20/h4-11,13-14,21H,3,12H2,1-2H3,(H,24,26)(H,27,28)/t14-,21-/m0/s1. The number of benzene rings is 3. The number of amides is 1. The molecule has 0 aliphatic heterocycles. The summed E-state index contributed by atoms with van der Waals surface area (Å²) in [5, 5.41) is 15.5. The molecule has 0 unspecified atom stereocenters. The lowest BCUT2D eigenvalue weighted by Gasteiger charge is -2.22. The van der Waals surface area contributed by atoms with Gasteiger partial charge in [0.25, 0.3) is 5.91 Å². The van der Waals surface area contributed by atoms with Crippen LogP contribution in [0.4, 0.5) is 0 Å². The van der Waals surface area contributed by atoms with Gasteiger partial charge in [-0.25, -0.2) is 4.79 Å². The fraction of sp³-hybridized carbons (Fsp3) is 0.261. The predicted octanol–water partition coefficient (Wildman–Crippen LogP) is 3.77. The molecule has 1 amide bonds. The number of carboxylic acids is 1. The topological polar surface area (TPSA) is 92.7 Å². The van der Waals surface area contributed by atoms with E-state index in [0.29, 0.717) is 5.56 Å². The zero-order valence-electron chi connectivity index (χ0n) is 16.3. The summed E-state index contributed by atoms with van der Waals surface area (Å²) in [5.74, 6) is -2.80. The smallest absolute Gasteiger partial charge is 0.326 e. The molecule has 0 aromatic heterocycles. The number of carboxylic acid groups (broad SMARTS) is 1. The third kappa shape index (κ3) is 4.37. The molecule has 150 valence electrons. The van der Waals surface area contributed by atoms with Crippen LogP contribution in [0.25, 0.3) is 21.5 Å². The number of carbonyl (C=O) groups excluding carboxylic acids is 2. The average Bonchev–Trinajstić information content (AvgIpc) is 2.69. The SMILES string of the molecule is CCOC(=O)C[C@H](C)[C@H](NC(=O)c1c2ccccc2cc2ccccc12)C(=O)O. The van der Waals surface area contributed by atoms with Gasteiger partial charge in [0.2, 0.25) is 0 Å². The molecule has 0 saturated carbocycles. The van der Waals surface area contributed by atoms with Crippen LogP contribution >= 0.6 is 0 Å². The third-order valence-electron chi connectivity index (χ3n) is 4.91. The van der Waals surface area contributed by atoms with E-state index in [1.807, 2.05) is 54.6 Å². The fourth-order valence-electron chi connectivity index (χ4n) is 3.52. The van der Waals surface area contributed by atoms with Gasteiger partial charge in [0, 0.05) is 0 Å². The fourth-order valence-corrected chi connectivity index (χ4v) is 3.52. The third-order valence-corrected chi connectivity index (χ3v) is 4.91. The number of aliphatic carboxylic acids is 1. The maximum Gasteiger partial charge on any atom is 0.326 e. The summed E-state index contributed by atoms with van der Waals surface area (Å²) >= 11 is 0. The number of rotatable bonds is 7. The van der Waals surface area contributed by atoms with E-state index in [1.54, 1.807) is 13.8 Å². The Morgan fingerprint density at radius 2 is 1.55 bits per heavy atom. The van der Waals surface area contributed by atoms with Gasteiger partial charge >= 0.3 is 11.9 Å². The van der Waals surface area contributed by atoms with Crippen molar-refractivity contribution in [3.8, 4) is 0 Å². The molecule has 0 heterocycles. The summed E-state index contributed by atoms with van der Waals surface area (Å²) in [6.45, 7) is 3.51. The quantitative estimate of drug-likeness (QED) is 0.471. The highest BCUT2D eigenvalue weighted by atomic mass is 16.5. The van der Waals surface area contributed by atoms with Crippen molar-refractivity contribution in [2.24, 2.45) is 5.92 Å². The minimum atomic E-state index is -1.22. The molecule has 0 saturated heterocycles. The number of esters is 1. The molecule has 6 heteroatoms. The number of hydrogen-bond acceptors (Lipinski definition) is 4. The summed E-state index contributed by atoms with van der Waals surface area (Å²) in [6, 6.07) is 15.7. The van der Waals surface area contributed by atoms with E-state index in [9.17, 15) is 19.5 Å². The Kier molecular flexibility index (Phi) is 6.12. The molecule has 2 N–H and O–H groups in total. The largest absolute Gasteiger partial charge is 0.480 e. The number of hydrogen-bond donors (Lipinski definition) is 2. The Labute approximate surface area is 168 Å². The zero-order valence-corrected chi connectivity index (χ0v) is 16.3. The summed E-state index contributed by atoms with van der Waals surface area (Å²) in [4.78, 5) is 36.8. The first-order valence-corrected chi connectivity index (χ1v) is 9.52. The van der Waals surface area contributed by atoms with Gasteiger partial charge in [-0.15, -0.1) is 0 Å². The Bertz CT molecular complexity index is 1020. The first-order chi connectivity index (χ1) is 13.9. The molecule has 6 nitrogen and oxygen atoms in total. The maximum absolute atomic E-state index is 13.2. The number of ether oxygens (including phenoxy) is 1. The summed E-state index contributed by atoms with van der Waals surface area (Å²) in [7, 11) is 0. The van der Waals surface area contributed by atoms with Gasteiger partial charge in [-0.2, -0.15) is 0 Å². The van der Waals surface area contributed by atoms with Crippen molar-refractivity contribution in [3.63, 3.8) is 0 Å². The molecule has 3 aromatic rings. The Hall–Kier alpha value is -3.41. The van der Waals surface area contributed by atoms with Crippen molar-refractivity contribution in [2.45, 2.75) is 26.3 Å². The number of fused-ring (bicyclic) bond motifs is 2. The van der Waals surface area contributed by atoms with Crippen molar-refractivity contribution in [3.05, 3.63) is 60.2 Å². The van der Waals surface area contributed by atoms with E-state index in [1.165, 1.54) is 0 Å². The van der Waals surface area contributed by atoms with E-state index in [-0.39, 0.29) is 13.0 Å². The van der Waals surface area contributed by atoms with E-state index in [2.05, 4.69) is 5.32 Å². The summed E-state index contributed by atoms with van der Waals surface area (Å²) in [6.07, 6.45) is -0.0959. The highest BCUT2D eigenvalue weighted by Gasteiger charge is 2.30. The van der Waals surface area contributed by atoms with Crippen LogP contribution in [-0.4, -0.2) is 35.6 Å². The van der Waals surface area contributed by atoms with Gasteiger partial charge in [0.05, 0.1) is 18.6 Å². The van der Waals surface area contributed by atoms with Crippen molar-refractivity contribution < 1.29 is 24.2 Å². The van der Waals surface area contributed by atoms with Gasteiger partial charge in [0.15, 0.2) is 0 Å². The van der Waals surface area contributed by atoms with E-state index in [4.69, 9.17) is 4.74 Å². The molecular weight excluding hydrogens is 370 g/mol. The lowest BCUT2D eigenvalue weighted by Crippen LogP contribution is -2.45. The van der Waals surface area contributed by atoms with Crippen LogP contribution in [0.2, 0.25) is 0 Å². The number of nitrogens with one attached hydrogen (secondary N) is 1. The minimum absolute atomic E-state index is 0.0959. The van der Waals surface area contributed by atoms with Gasteiger partial charge in [-0.1, -0.05) is 55.5 Å².